The fraction of sp³-hybridized carbons (Fsp3) is 0.348. The van der Waals surface area contributed by atoms with Crippen LogP contribution >= 0.6 is 0 Å². The number of methoxy groups -OCH3 is 1. The summed E-state index contributed by atoms with van der Waals surface area (Å²) in [5.74, 6) is 0.630. The van der Waals surface area contributed by atoms with E-state index in [9.17, 15) is 4.79 Å². The van der Waals surface area contributed by atoms with E-state index < -0.39 is 0 Å². The summed E-state index contributed by atoms with van der Waals surface area (Å²) < 4.78 is 13.0. The minimum absolute atomic E-state index is 0.0202. The molecule has 0 fully saturated rings. The van der Waals surface area contributed by atoms with Gasteiger partial charge in [0.1, 0.15) is 5.75 Å². The second-order valence-corrected chi connectivity index (χ2v) is 7.47. The van der Waals surface area contributed by atoms with Gasteiger partial charge < -0.3 is 14.8 Å². The maximum Gasteiger partial charge on any atom is 0.224 e. The van der Waals surface area contributed by atoms with Crippen LogP contribution in [0.1, 0.15) is 29.3 Å². The van der Waals surface area contributed by atoms with Crippen LogP contribution in [0.5, 0.6) is 5.75 Å². The first-order valence-electron chi connectivity index (χ1n) is 10.2. The molecule has 30 heavy (non-hydrogen) atoms. The van der Waals surface area contributed by atoms with Crippen LogP contribution in [-0.4, -0.2) is 34.6 Å². The first-order valence-corrected chi connectivity index (χ1v) is 10.2. The number of carbonyl (C=O) groups is 1. The van der Waals surface area contributed by atoms with Gasteiger partial charge in [0.15, 0.2) is 0 Å². The molecule has 1 aliphatic heterocycles. The summed E-state index contributed by atoms with van der Waals surface area (Å²) in [6.45, 7) is 1.41. The van der Waals surface area contributed by atoms with Crippen LogP contribution in [0.25, 0.3) is 0 Å². The molecule has 1 amide bonds. The monoisotopic (exact) mass is 406 g/mol. The zero-order chi connectivity index (χ0) is 20.8. The average molecular weight is 406 g/mol. The molecule has 3 aromatic rings. The number of rotatable bonds is 4. The maximum absolute atomic E-state index is 13.3. The van der Waals surface area contributed by atoms with Crippen molar-refractivity contribution in [1.29, 1.82) is 0 Å². The van der Waals surface area contributed by atoms with E-state index in [1.54, 1.807) is 13.3 Å². The topological polar surface area (TPSA) is 78.3 Å². The van der Waals surface area contributed by atoms with Crippen LogP contribution in [0.4, 0.5) is 0 Å². The lowest BCUT2D eigenvalue weighted by molar-refractivity contribution is -0.126. The van der Waals surface area contributed by atoms with Gasteiger partial charge in [0.05, 0.1) is 38.3 Å². The lowest BCUT2D eigenvalue weighted by Gasteiger charge is -2.23. The van der Waals surface area contributed by atoms with E-state index in [4.69, 9.17) is 9.47 Å². The number of ether oxygens (including phenoxy) is 2. The fourth-order valence-electron chi connectivity index (χ4n) is 3.71. The van der Waals surface area contributed by atoms with Crippen LogP contribution in [0.3, 0.4) is 0 Å². The molecule has 7 heteroatoms. The van der Waals surface area contributed by atoms with Gasteiger partial charge in [-0.25, -0.2) is 4.68 Å². The molecule has 0 spiro atoms. The second-order valence-electron chi connectivity index (χ2n) is 7.47. The number of fused-ring (bicyclic) bond motifs is 1. The van der Waals surface area contributed by atoms with Crippen molar-refractivity contribution in [2.24, 2.45) is 5.92 Å². The molecular formula is C23H26N4O3. The molecule has 4 rings (SSSR count). The van der Waals surface area contributed by atoms with Crippen molar-refractivity contribution in [3.63, 3.8) is 0 Å². The quantitative estimate of drug-likeness (QED) is 0.721. The molecule has 0 unspecified atom stereocenters. The summed E-state index contributed by atoms with van der Waals surface area (Å²) in [5.41, 5.74) is 3.04. The van der Waals surface area contributed by atoms with Gasteiger partial charge in [0.25, 0.3) is 0 Å². The highest BCUT2D eigenvalue weighted by Crippen LogP contribution is 2.21. The Balaban J connectivity index is 1.58. The van der Waals surface area contributed by atoms with Crippen molar-refractivity contribution in [3.8, 4) is 5.75 Å². The number of amides is 1. The Labute approximate surface area is 176 Å². The highest BCUT2D eigenvalue weighted by Gasteiger charge is 2.24. The van der Waals surface area contributed by atoms with Gasteiger partial charge in [-0.3, -0.25) is 4.79 Å². The third-order valence-corrected chi connectivity index (χ3v) is 5.45. The summed E-state index contributed by atoms with van der Waals surface area (Å²) in [4.78, 5) is 13.3. The number of aryl methyl sites for hydroxylation is 1. The summed E-state index contributed by atoms with van der Waals surface area (Å²) in [5, 5.41) is 11.4. The largest absolute Gasteiger partial charge is 0.497 e. The van der Waals surface area contributed by atoms with Crippen molar-refractivity contribution < 1.29 is 14.3 Å². The molecule has 1 aliphatic rings. The molecule has 156 valence electrons. The number of aromatic nitrogens is 3. The van der Waals surface area contributed by atoms with Crippen molar-refractivity contribution >= 4 is 5.91 Å². The first-order chi connectivity index (χ1) is 14.7. The summed E-state index contributed by atoms with van der Waals surface area (Å²) in [6, 6.07) is 17.6. The molecular weight excluding hydrogens is 380 g/mol. The second kappa shape index (κ2) is 9.54. The molecule has 0 aliphatic carbocycles. The summed E-state index contributed by atoms with van der Waals surface area (Å²) in [7, 11) is 1.65. The van der Waals surface area contributed by atoms with Crippen LogP contribution in [-0.2, 0) is 29.1 Å². The molecule has 0 radical (unpaired) electrons. The van der Waals surface area contributed by atoms with Crippen LogP contribution in [0.2, 0.25) is 0 Å². The Morgan fingerprint density at radius 2 is 1.97 bits per heavy atom. The smallest absolute Gasteiger partial charge is 0.224 e. The Morgan fingerprint density at radius 1 is 1.17 bits per heavy atom. The minimum atomic E-state index is -0.209. The van der Waals surface area contributed by atoms with E-state index in [2.05, 4.69) is 15.6 Å². The Bertz CT molecular complexity index is 956. The maximum atomic E-state index is 13.3. The van der Waals surface area contributed by atoms with Crippen molar-refractivity contribution in [3.05, 3.63) is 77.6 Å². The molecule has 1 N–H and O–H groups in total. The minimum Gasteiger partial charge on any atom is -0.497 e. The predicted molar refractivity (Wildman–Crippen MR) is 112 cm³/mol. The lowest BCUT2D eigenvalue weighted by Crippen LogP contribution is -2.37. The Kier molecular flexibility index (Phi) is 6.39. The fourth-order valence-corrected chi connectivity index (χ4v) is 3.71. The molecule has 0 bridgehead atoms. The van der Waals surface area contributed by atoms with Crippen molar-refractivity contribution in [1.82, 2.24) is 20.3 Å². The van der Waals surface area contributed by atoms with Gasteiger partial charge in [-0.1, -0.05) is 47.7 Å². The zero-order valence-electron chi connectivity index (χ0n) is 17.0. The van der Waals surface area contributed by atoms with Gasteiger partial charge in [-0.05, 0) is 36.1 Å². The normalized spacial score (nSPS) is 20.0. The van der Waals surface area contributed by atoms with E-state index >= 15 is 0 Å². The van der Waals surface area contributed by atoms with E-state index in [0.29, 0.717) is 32.6 Å². The van der Waals surface area contributed by atoms with Crippen molar-refractivity contribution in [2.75, 3.05) is 13.7 Å². The lowest BCUT2D eigenvalue weighted by atomic mass is 9.94. The SMILES string of the molecule is COc1ccc(C[C@H]2CCn3nncc3COC[C@@H](c3ccccc3)NC2=O)cc1. The summed E-state index contributed by atoms with van der Waals surface area (Å²) >= 11 is 0. The van der Waals surface area contributed by atoms with E-state index in [-0.39, 0.29) is 17.9 Å². The number of nitrogens with zero attached hydrogens (tertiary/aromatic N) is 3. The number of hydrogen-bond donors (Lipinski definition) is 1. The number of nitrogens with one attached hydrogen (secondary N) is 1. The van der Waals surface area contributed by atoms with Gasteiger partial charge >= 0.3 is 0 Å². The van der Waals surface area contributed by atoms with Gasteiger partial charge in [0, 0.05) is 12.5 Å². The molecule has 0 saturated carbocycles. The zero-order valence-corrected chi connectivity index (χ0v) is 17.0. The van der Waals surface area contributed by atoms with Crippen LogP contribution in [0.15, 0.2) is 60.8 Å². The summed E-state index contributed by atoms with van der Waals surface area (Å²) in [6.07, 6.45) is 3.03. The molecule has 7 nitrogen and oxygen atoms in total. The van der Waals surface area contributed by atoms with Gasteiger partial charge in [-0.15, -0.1) is 5.10 Å². The average Bonchev–Trinajstić information content (AvgIpc) is 3.23. The molecule has 2 atom stereocenters. The molecule has 1 aromatic heterocycles. The first kappa shape index (κ1) is 20.1. The van der Waals surface area contributed by atoms with Crippen LogP contribution in [0, 0.1) is 5.92 Å². The number of hydrogen-bond acceptors (Lipinski definition) is 5. The Morgan fingerprint density at radius 3 is 2.73 bits per heavy atom. The molecule has 2 aromatic carbocycles. The van der Waals surface area contributed by atoms with Crippen LogP contribution < -0.4 is 10.1 Å². The molecule has 0 saturated heterocycles. The van der Waals surface area contributed by atoms with Gasteiger partial charge in [-0.2, -0.15) is 0 Å². The van der Waals surface area contributed by atoms with E-state index in [1.165, 1.54) is 0 Å². The number of carbonyl (C=O) groups excluding carboxylic acids is 1. The highest BCUT2D eigenvalue weighted by atomic mass is 16.5. The predicted octanol–water partition coefficient (Wildman–Crippen LogP) is 2.92. The molecule has 2 heterocycles. The Hall–Kier alpha value is -3.19. The third kappa shape index (κ3) is 4.86. The highest BCUT2D eigenvalue weighted by molar-refractivity contribution is 5.79. The van der Waals surface area contributed by atoms with E-state index in [0.717, 1.165) is 22.6 Å². The standard InChI is InChI=1S/C23H26N4O3/c1-29-21-9-7-17(8-10-21)13-19-11-12-27-20(14-24-26-27)15-30-16-22(25-23(19)28)18-5-3-2-4-6-18/h2-10,14,19,22H,11-13,15-16H2,1H3,(H,25,28)/t19-,22+/m1/s1. The van der Waals surface area contributed by atoms with Crippen molar-refractivity contribution in [2.45, 2.75) is 32.0 Å². The number of benzene rings is 2. The van der Waals surface area contributed by atoms with E-state index in [1.807, 2.05) is 59.3 Å². The van der Waals surface area contributed by atoms with Gasteiger partial charge in [0.2, 0.25) is 5.91 Å². The third-order valence-electron chi connectivity index (χ3n) is 5.45.